The second kappa shape index (κ2) is 14.6. The first-order valence-electron chi connectivity index (χ1n) is 14.9. The normalized spacial score (nSPS) is 14.0. The van der Waals surface area contributed by atoms with Gasteiger partial charge in [0.05, 0.1) is 13.2 Å². The highest BCUT2D eigenvalue weighted by molar-refractivity contribution is 7.97. The molecule has 0 aliphatic heterocycles. The van der Waals surface area contributed by atoms with Crippen LogP contribution in [0.2, 0.25) is 18.1 Å². The summed E-state index contributed by atoms with van der Waals surface area (Å²) in [6.07, 6.45) is 6.41. The number of carbonyl (C=O) groups excluding carboxylic acids is 1. The average molecular weight is 578 g/mol. The number of hydrogen-bond acceptors (Lipinski definition) is 3. The van der Waals surface area contributed by atoms with Crippen LogP contribution in [0.1, 0.15) is 66.2 Å². The topological polar surface area (TPSA) is 35.5 Å². The molecule has 5 heteroatoms. The van der Waals surface area contributed by atoms with Crippen molar-refractivity contribution in [2.45, 2.75) is 96.1 Å². The Bertz CT molecular complexity index is 1060. The molecule has 0 bridgehead atoms. The van der Waals surface area contributed by atoms with Gasteiger partial charge in [-0.3, -0.25) is 0 Å². The maximum absolute atomic E-state index is 14.3. The smallest absolute Gasteiger partial charge is 0.350 e. The fourth-order valence-electron chi connectivity index (χ4n) is 5.38. The molecule has 0 spiro atoms. The molecule has 0 amide bonds. The van der Waals surface area contributed by atoms with Crippen LogP contribution < -0.4 is 15.9 Å². The monoisotopic (exact) mass is 577 g/mol. The van der Waals surface area contributed by atoms with Gasteiger partial charge < -0.3 is 9.16 Å². The lowest BCUT2D eigenvalue weighted by atomic mass is 10.1. The van der Waals surface area contributed by atoms with Gasteiger partial charge in [0.25, 0.3) is 0 Å². The van der Waals surface area contributed by atoms with Crippen molar-refractivity contribution in [3.8, 4) is 0 Å². The average Bonchev–Trinajstić information content (AvgIpc) is 2.95. The minimum absolute atomic E-state index is 0.0154. The van der Waals surface area contributed by atoms with Gasteiger partial charge in [0, 0.05) is 0 Å². The molecule has 1 unspecified atom stereocenters. The first-order valence-corrected chi connectivity index (χ1v) is 19.7. The van der Waals surface area contributed by atoms with E-state index in [1.54, 1.807) is 0 Å². The number of methoxy groups -OCH3 is 1. The molecule has 0 radical (unpaired) electrons. The Balaban J connectivity index is 2.34. The Morgan fingerprint density at radius 1 is 0.750 bits per heavy atom. The fourth-order valence-corrected chi connectivity index (χ4v) is 11.8. The van der Waals surface area contributed by atoms with Gasteiger partial charge in [0.1, 0.15) is 23.2 Å². The minimum Gasteiger partial charge on any atom is -0.466 e. The van der Waals surface area contributed by atoms with Crippen molar-refractivity contribution >= 4 is 37.5 Å². The predicted molar refractivity (Wildman–Crippen MR) is 176 cm³/mol. The lowest BCUT2D eigenvalue weighted by molar-refractivity contribution is -0.142. The predicted octanol–water partition coefficient (Wildman–Crippen LogP) is 8.27. The van der Waals surface area contributed by atoms with Crippen LogP contribution in [0.15, 0.2) is 91.0 Å². The highest BCUT2D eigenvalue weighted by Crippen LogP contribution is 2.62. The van der Waals surface area contributed by atoms with E-state index in [0.717, 1.165) is 19.3 Å². The van der Waals surface area contributed by atoms with Gasteiger partial charge in [-0.15, -0.1) is 0 Å². The van der Waals surface area contributed by atoms with E-state index in [0.29, 0.717) is 0 Å². The molecule has 0 saturated carbocycles. The minimum atomic E-state index is -2.57. The number of esters is 1. The molecule has 0 heterocycles. The third-order valence-electron chi connectivity index (χ3n) is 8.55. The highest BCUT2D eigenvalue weighted by Gasteiger charge is 2.60. The van der Waals surface area contributed by atoms with Crippen molar-refractivity contribution in [2.24, 2.45) is 0 Å². The third-order valence-corrected chi connectivity index (χ3v) is 17.8. The summed E-state index contributed by atoms with van der Waals surface area (Å²) in [5.74, 6) is -0.179. The summed E-state index contributed by atoms with van der Waals surface area (Å²) in [6, 6.07) is 32.0. The second-order valence-corrected chi connectivity index (χ2v) is 20.6. The van der Waals surface area contributed by atoms with E-state index in [-0.39, 0.29) is 17.1 Å². The molecule has 0 saturated heterocycles. The van der Waals surface area contributed by atoms with E-state index in [1.807, 2.05) is 0 Å². The number of unbranched alkanes of at least 4 members (excludes halogenated alkanes) is 4. The van der Waals surface area contributed by atoms with E-state index in [1.165, 1.54) is 42.3 Å². The van der Waals surface area contributed by atoms with E-state index in [2.05, 4.69) is 132 Å². The molecule has 0 aromatic heterocycles. The van der Waals surface area contributed by atoms with Gasteiger partial charge in [-0.05, 0) is 61.0 Å². The van der Waals surface area contributed by atoms with Crippen molar-refractivity contribution in [1.29, 1.82) is 0 Å². The first kappa shape index (κ1) is 32.3. The van der Waals surface area contributed by atoms with Crippen molar-refractivity contribution in [3.05, 3.63) is 91.0 Å². The molecule has 3 aromatic carbocycles. The number of carbonyl (C=O) groups is 1. The summed E-state index contributed by atoms with van der Waals surface area (Å²) in [4.78, 5) is 14.3. The lowest BCUT2D eigenvalue weighted by Gasteiger charge is -2.43. The molecular formula is C35H50O3PSi+. The summed E-state index contributed by atoms with van der Waals surface area (Å²) < 4.78 is 13.1. The zero-order chi connectivity index (χ0) is 29.2. The first-order chi connectivity index (χ1) is 19.1. The highest BCUT2D eigenvalue weighted by atomic mass is 31.2. The van der Waals surface area contributed by atoms with Gasteiger partial charge >= 0.3 is 5.97 Å². The number of ether oxygens (including phenoxy) is 1. The van der Waals surface area contributed by atoms with Crippen molar-refractivity contribution in [2.75, 3.05) is 7.11 Å². The van der Waals surface area contributed by atoms with Gasteiger partial charge in [-0.1, -0.05) is 114 Å². The van der Waals surface area contributed by atoms with E-state index >= 15 is 0 Å². The maximum Gasteiger partial charge on any atom is 0.350 e. The molecule has 3 nitrogen and oxygen atoms in total. The van der Waals surface area contributed by atoms with Crippen LogP contribution in [0.3, 0.4) is 0 Å². The third kappa shape index (κ3) is 7.32. The zero-order valence-corrected chi connectivity index (χ0v) is 27.6. The largest absolute Gasteiger partial charge is 0.466 e. The Morgan fingerprint density at radius 2 is 1.18 bits per heavy atom. The molecule has 0 aliphatic rings. The fraction of sp³-hybridized carbons (Fsp3) is 0.457. The Labute approximate surface area is 245 Å². The number of hydrogen-bond donors (Lipinski definition) is 0. The number of benzene rings is 3. The van der Waals surface area contributed by atoms with E-state index < -0.39 is 21.2 Å². The Morgan fingerprint density at radius 3 is 1.55 bits per heavy atom. The van der Waals surface area contributed by atoms with E-state index in [4.69, 9.17) is 9.16 Å². The molecule has 2 atom stereocenters. The quantitative estimate of drug-likeness (QED) is 0.0837. The molecular weight excluding hydrogens is 527 g/mol. The summed E-state index contributed by atoms with van der Waals surface area (Å²) >= 11 is 0. The van der Waals surface area contributed by atoms with Gasteiger partial charge in [-0.2, -0.15) is 0 Å². The zero-order valence-electron chi connectivity index (χ0n) is 25.7. The lowest BCUT2D eigenvalue weighted by Crippen LogP contribution is -2.54. The summed E-state index contributed by atoms with van der Waals surface area (Å²) in [5, 5.41) is 3.55. The van der Waals surface area contributed by atoms with Gasteiger partial charge in [0.2, 0.25) is 5.66 Å². The van der Waals surface area contributed by atoms with Crippen LogP contribution in [0, 0.1) is 0 Å². The van der Waals surface area contributed by atoms with Crippen LogP contribution in [0.4, 0.5) is 0 Å². The van der Waals surface area contributed by atoms with Crippen LogP contribution >= 0.6 is 7.26 Å². The second-order valence-electron chi connectivity index (χ2n) is 12.3. The summed E-state index contributed by atoms with van der Waals surface area (Å²) in [7, 11) is -3.27. The van der Waals surface area contributed by atoms with Crippen molar-refractivity contribution in [3.63, 3.8) is 0 Å². The van der Waals surface area contributed by atoms with Crippen LogP contribution in [0.5, 0.6) is 0 Å². The summed E-state index contributed by atoms with van der Waals surface area (Å²) in [6.45, 7) is 13.7. The Kier molecular flexibility index (Phi) is 11.8. The molecule has 216 valence electrons. The van der Waals surface area contributed by atoms with Crippen LogP contribution in [-0.2, 0) is 14.0 Å². The summed E-state index contributed by atoms with van der Waals surface area (Å²) in [5.41, 5.74) is -0.468. The number of rotatable bonds is 14. The van der Waals surface area contributed by atoms with Crippen molar-refractivity contribution < 1.29 is 14.0 Å². The van der Waals surface area contributed by atoms with Crippen LogP contribution in [0.25, 0.3) is 0 Å². The molecule has 0 aliphatic carbocycles. The van der Waals surface area contributed by atoms with Crippen molar-refractivity contribution in [1.82, 2.24) is 0 Å². The van der Waals surface area contributed by atoms with Gasteiger partial charge in [-0.25, -0.2) is 4.79 Å². The molecule has 0 fully saturated rings. The molecule has 3 aromatic rings. The molecule has 40 heavy (non-hydrogen) atoms. The van der Waals surface area contributed by atoms with Gasteiger partial charge in [0.15, 0.2) is 8.32 Å². The standard InChI is InChI=1S/C35H50O3PSi/c1-8-9-10-11-21-28-32(38-40(6,7)35(2,3)4)33(34(36)37-5)39(29-22-15-12-16-23-29,30-24-17-13-18-25-30)31-26-19-14-20-27-31/h12-20,22-27,32-33H,8-11,21,28H2,1-7H3/q+1/t32-,33?/m1/s1. The maximum atomic E-state index is 14.3. The Hall–Kier alpha value is -2.26. The van der Waals surface area contributed by atoms with Crippen LogP contribution in [-0.4, -0.2) is 33.2 Å². The van der Waals surface area contributed by atoms with E-state index in [9.17, 15) is 4.79 Å². The molecule has 3 rings (SSSR count). The molecule has 0 N–H and O–H groups in total. The SMILES string of the molecule is CCCCCCC[C@@H](O[Si](C)(C)C(C)(C)C)C(C(=O)OC)[P+](c1ccccc1)(c1ccccc1)c1ccccc1.